The normalized spacial score (nSPS) is 11.9. The van der Waals surface area contributed by atoms with Gasteiger partial charge in [-0.2, -0.15) is 0 Å². The average Bonchev–Trinajstić information content (AvgIpc) is 2.35. The molecule has 0 unspecified atom stereocenters. The number of carbonyl (C=O) groups is 2. The van der Waals surface area contributed by atoms with E-state index in [1.165, 1.54) is 0 Å². The number of rotatable bonds is 5. The van der Waals surface area contributed by atoms with Crippen LogP contribution in [0.2, 0.25) is 0 Å². The molecular weight excluding hydrogens is 282 g/mol. The maximum Gasteiger partial charge on any atom is 0.407 e. The summed E-state index contributed by atoms with van der Waals surface area (Å²) in [4.78, 5) is 22.7. The molecule has 0 atom stereocenters. The van der Waals surface area contributed by atoms with E-state index in [0.29, 0.717) is 13.0 Å². The van der Waals surface area contributed by atoms with Crippen molar-refractivity contribution >= 4 is 12.1 Å². The highest BCUT2D eigenvalue weighted by molar-refractivity contribution is 5.74. The molecule has 5 nitrogen and oxygen atoms in total. The Hall–Kier alpha value is -2.04. The number of ether oxygens (including phenoxy) is 1. The highest BCUT2D eigenvalue weighted by Gasteiger charge is 2.27. The molecule has 0 heterocycles. The maximum atomic E-state index is 11.6. The molecule has 22 heavy (non-hydrogen) atoms. The van der Waals surface area contributed by atoms with Crippen LogP contribution in [0.4, 0.5) is 4.79 Å². The summed E-state index contributed by atoms with van der Waals surface area (Å²) in [6.45, 7) is 9.21. The van der Waals surface area contributed by atoms with Crippen LogP contribution in [-0.4, -0.2) is 22.8 Å². The number of benzene rings is 1. The van der Waals surface area contributed by atoms with Crippen molar-refractivity contribution in [2.75, 3.05) is 0 Å². The molecule has 1 rings (SSSR count). The van der Waals surface area contributed by atoms with Crippen LogP contribution in [0.25, 0.3) is 0 Å². The fraction of sp³-hybridized carbons (Fsp3) is 0.529. The molecule has 0 aromatic heterocycles. The fourth-order valence-electron chi connectivity index (χ4n) is 1.85. The van der Waals surface area contributed by atoms with Crippen LogP contribution in [0.5, 0.6) is 0 Å². The number of amides is 1. The number of carbonyl (C=O) groups excluding carboxylic acids is 1. The summed E-state index contributed by atoms with van der Waals surface area (Å²) >= 11 is 0. The maximum absolute atomic E-state index is 11.6. The first-order chi connectivity index (χ1) is 9.99. The Morgan fingerprint density at radius 2 is 1.55 bits per heavy atom. The molecule has 1 aromatic rings. The number of alkyl carbamates (subject to hydrolysis) is 1. The van der Waals surface area contributed by atoms with Crippen LogP contribution in [-0.2, 0) is 22.5 Å². The van der Waals surface area contributed by atoms with Crippen molar-refractivity contribution in [3.8, 4) is 0 Å². The van der Waals surface area contributed by atoms with Crippen molar-refractivity contribution in [1.29, 1.82) is 0 Å². The minimum absolute atomic E-state index is 0.373. The number of hydrogen-bond acceptors (Lipinski definition) is 3. The SMILES string of the molecule is CC(C)(C)OC(=O)NCc1ccc(CC(C)(C)C(=O)O)cc1. The average molecular weight is 307 g/mol. The Kier molecular flexibility index (Phi) is 5.58. The summed E-state index contributed by atoms with van der Waals surface area (Å²) in [6.07, 6.45) is 0.00541. The first-order valence-electron chi connectivity index (χ1n) is 7.28. The molecule has 0 fully saturated rings. The van der Waals surface area contributed by atoms with Gasteiger partial charge in [-0.05, 0) is 52.2 Å². The van der Waals surface area contributed by atoms with Gasteiger partial charge in [-0.25, -0.2) is 4.79 Å². The Balaban J connectivity index is 2.56. The molecular formula is C17H25NO4. The highest BCUT2D eigenvalue weighted by atomic mass is 16.6. The molecule has 5 heteroatoms. The van der Waals surface area contributed by atoms with Crippen molar-refractivity contribution in [1.82, 2.24) is 5.32 Å². The molecule has 0 aliphatic heterocycles. The molecule has 1 amide bonds. The summed E-state index contributed by atoms with van der Waals surface area (Å²) < 4.78 is 5.16. The van der Waals surface area contributed by atoms with Gasteiger partial charge >= 0.3 is 12.1 Å². The second-order valence-electron chi connectivity index (χ2n) is 7.04. The van der Waals surface area contributed by atoms with Gasteiger partial charge in [0.15, 0.2) is 0 Å². The molecule has 0 saturated carbocycles. The summed E-state index contributed by atoms with van der Waals surface area (Å²) in [5, 5.41) is 11.8. The third kappa shape index (κ3) is 6.16. The fourth-order valence-corrected chi connectivity index (χ4v) is 1.85. The lowest BCUT2D eigenvalue weighted by atomic mass is 9.86. The van der Waals surface area contributed by atoms with Crippen LogP contribution >= 0.6 is 0 Å². The predicted molar refractivity (Wildman–Crippen MR) is 84.6 cm³/mol. The van der Waals surface area contributed by atoms with E-state index in [2.05, 4.69) is 5.32 Å². The second-order valence-corrected chi connectivity index (χ2v) is 7.04. The first kappa shape index (κ1) is 18.0. The van der Waals surface area contributed by atoms with Crippen molar-refractivity contribution < 1.29 is 19.4 Å². The number of carboxylic acid groups (broad SMARTS) is 1. The van der Waals surface area contributed by atoms with E-state index >= 15 is 0 Å². The molecule has 2 N–H and O–H groups in total. The predicted octanol–water partition coefficient (Wildman–Crippen LogP) is 3.36. The number of carboxylic acids is 1. The van der Waals surface area contributed by atoms with Gasteiger partial charge in [0, 0.05) is 6.54 Å². The molecule has 122 valence electrons. The molecule has 0 radical (unpaired) electrons. The Morgan fingerprint density at radius 3 is 2.00 bits per heavy atom. The minimum atomic E-state index is -0.817. The Morgan fingerprint density at radius 1 is 1.05 bits per heavy atom. The standard InChI is InChI=1S/C17H25NO4/c1-16(2,3)22-15(21)18-11-13-8-6-12(7-9-13)10-17(4,5)14(19)20/h6-9H,10-11H2,1-5H3,(H,18,21)(H,19,20). The van der Waals surface area contributed by atoms with E-state index in [-0.39, 0.29) is 0 Å². The lowest BCUT2D eigenvalue weighted by Crippen LogP contribution is -2.32. The molecule has 0 aliphatic carbocycles. The topological polar surface area (TPSA) is 75.6 Å². The van der Waals surface area contributed by atoms with Gasteiger partial charge in [0.1, 0.15) is 5.60 Å². The van der Waals surface area contributed by atoms with Crippen LogP contribution in [0, 0.1) is 5.41 Å². The largest absolute Gasteiger partial charge is 0.481 e. The Bertz CT molecular complexity index is 527. The van der Waals surface area contributed by atoms with Gasteiger partial charge in [-0.1, -0.05) is 24.3 Å². The zero-order valence-corrected chi connectivity index (χ0v) is 13.9. The van der Waals surface area contributed by atoms with Crippen LogP contribution in [0.3, 0.4) is 0 Å². The zero-order valence-electron chi connectivity index (χ0n) is 13.9. The van der Waals surface area contributed by atoms with E-state index in [1.54, 1.807) is 13.8 Å². The molecule has 0 bridgehead atoms. The van der Waals surface area contributed by atoms with Gasteiger partial charge in [-0.3, -0.25) is 4.79 Å². The minimum Gasteiger partial charge on any atom is -0.481 e. The van der Waals surface area contributed by atoms with Crippen molar-refractivity contribution in [2.45, 2.75) is 53.2 Å². The van der Waals surface area contributed by atoms with E-state index in [4.69, 9.17) is 9.84 Å². The van der Waals surface area contributed by atoms with Gasteiger partial charge < -0.3 is 15.2 Å². The van der Waals surface area contributed by atoms with E-state index in [1.807, 2.05) is 45.0 Å². The van der Waals surface area contributed by atoms with E-state index < -0.39 is 23.1 Å². The summed E-state index contributed by atoms with van der Waals surface area (Å²) in [5.74, 6) is -0.817. The van der Waals surface area contributed by atoms with Gasteiger partial charge in [-0.15, -0.1) is 0 Å². The first-order valence-corrected chi connectivity index (χ1v) is 7.28. The van der Waals surface area contributed by atoms with Crippen LogP contribution < -0.4 is 5.32 Å². The van der Waals surface area contributed by atoms with Crippen molar-refractivity contribution in [2.24, 2.45) is 5.41 Å². The van der Waals surface area contributed by atoms with E-state index in [9.17, 15) is 9.59 Å². The summed E-state index contributed by atoms with van der Waals surface area (Å²) in [7, 11) is 0. The number of aliphatic carboxylic acids is 1. The van der Waals surface area contributed by atoms with Gasteiger partial charge in [0.25, 0.3) is 0 Å². The monoisotopic (exact) mass is 307 g/mol. The lowest BCUT2D eigenvalue weighted by molar-refractivity contribution is -0.146. The second kappa shape index (κ2) is 6.81. The summed E-state index contributed by atoms with van der Waals surface area (Å²) in [6, 6.07) is 7.53. The summed E-state index contributed by atoms with van der Waals surface area (Å²) in [5.41, 5.74) is 0.572. The van der Waals surface area contributed by atoms with Gasteiger partial charge in [0.05, 0.1) is 5.41 Å². The molecule has 1 aromatic carbocycles. The van der Waals surface area contributed by atoms with Crippen molar-refractivity contribution in [3.63, 3.8) is 0 Å². The zero-order chi connectivity index (χ0) is 17.0. The Labute approximate surface area is 131 Å². The van der Waals surface area contributed by atoms with Gasteiger partial charge in [0.2, 0.25) is 0 Å². The molecule has 0 saturated heterocycles. The quantitative estimate of drug-likeness (QED) is 0.874. The van der Waals surface area contributed by atoms with Crippen LogP contribution in [0.1, 0.15) is 45.7 Å². The molecule has 0 spiro atoms. The van der Waals surface area contributed by atoms with E-state index in [0.717, 1.165) is 11.1 Å². The third-order valence-electron chi connectivity index (χ3n) is 3.08. The molecule has 0 aliphatic rings. The van der Waals surface area contributed by atoms with Crippen molar-refractivity contribution in [3.05, 3.63) is 35.4 Å². The third-order valence-corrected chi connectivity index (χ3v) is 3.08. The smallest absolute Gasteiger partial charge is 0.407 e. The number of nitrogens with one attached hydrogen (secondary N) is 1. The number of hydrogen-bond donors (Lipinski definition) is 2. The lowest BCUT2D eigenvalue weighted by Gasteiger charge is -2.20. The highest BCUT2D eigenvalue weighted by Crippen LogP contribution is 2.22. The van der Waals surface area contributed by atoms with Crippen LogP contribution in [0.15, 0.2) is 24.3 Å².